The van der Waals surface area contributed by atoms with Crippen LogP contribution in [0.2, 0.25) is 5.02 Å². The highest BCUT2D eigenvalue weighted by Crippen LogP contribution is 2.27. The molecule has 0 aliphatic carbocycles. The summed E-state index contributed by atoms with van der Waals surface area (Å²) in [6.45, 7) is 3.56. The number of phenolic OH excluding ortho intramolecular Hbond substituents is 1. The number of carbonyl (C=O) groups excluding carboxylic acids is 1. The van der Waals surface area contributed by atoms with Gasteiger partial charge in [0.2, 0.25) is 9.84 Å². The second-order valence-corrected chi connectivity index (χ2v) is 12.3. The van der Waals surface area contributed by atoms with Crippen molar-refractivity contribution in [3.05, 3.63) is 124 Å². The Labute approximate surface area is 251 Å². The Morgan fingerprint density at radius 3 is 2.31 bits per heavy atom. The van der Waals surface area contributed by atoms with Crippen LogP contribution in [0.4, 0.5) is 0 Å². The molecule has 0 amide bonds. The summed E-state index contributed by atoms with van der Waals surface area (Å²) in [5, 5.41) is 21.5. The first kappa shape index (κ1) is 31.3. The van der Waals surface area contributed by atoms with E-state index in [2.05, 4.69) is 17.0 Å². The molecule has 7 nitrogen and oxygen atoms in total. The van der Waals surface area contributed by atoms with E-state index in [9.17, 15) is 23.4 Å². The van der Waals surface area contributed by atoms with Crippen LogP contribution >= 0.6 is 11.6 Å². The largest absolute Gasteiger partial charge is 0.507 e. The predicted molar refractivity (Wildman–Crippen MR) is 162 cm³/mol. The van der Waals surface area contributed by atoms with Crippen LogP contribution < -0.4 is 0 Å². The van der Waals surface area contributed by atoms with Crippen molar-refractivity contribution in [3.63, 3.8) is 0 Å². The van der Waals surface area contributed by atoms with Crippen molar-refractivity contribution in [2.75, 3.05) is 19.7 Å². The lowest BCUT2D eigenvalue weighted by molar-refractivity contribution is 0.0522. The molecule has 0 fully saturated rings. The third-order valence-electron chi connectivity index (χ3n) is 6.86. The van der Waals surface area contributed by atoms with Gasteiger partial charge in [-0.3, -0.25) is 4.90 Å². The maximum Gasteiger partial charge on any atom is 0.341 e. The number of rotatable bonds is 13. The van der Waals surface area contributed by atoms with Gasteiger partial charge in [0.1, 0.15) is 11.3 Å². The fourth-order valence-electron chi connectivity index (χ4n) is 4.67. The number of benzene rings is 4. The summed E-state index contributed by atoms with van der Waals surface area (Å²) in [4.78, 5) is 14.3. The number of carbonyl (C=O) groups is 1. The zero-order valence-corrected chi connectivity index (χ0v) is 24.9. The van der Waals surface area contributed by atoms with Gasteiger partial charge < -0.3 is 14.9 Å². The van der Waals surface area contributed by atoms with E-state index < -0.39 is 21.9 Å². The average Bonchev–Trinajstić information content (AvgIpc) is 2.98. The highest BCUT2D eigenvalue weighted by molar-refractivity contribution is 7.91. The summed E-state index contributed by atoms with van der Waals surface area (Å²) in [5.41, 5.74) is 2.68. The lowest BCUT2D eigenvalue weighted by Gasteiger charge is -2.25. The summed E-state index contributed by atoms with van der Waals surface area (Å²) in [6, 6.07) is 27.5. The fraction of sp³-hybridized carbons (Fsp3) is 0.242. The number of nitrogens with zero attached hydrogens (tertiary/aromatic N) is 1. The molecule has 0 spiro atoms. The molecular weight excluding hydrogens is 574 g/mol. The number of aliphatic hydroxyl groups is 1. The van der Waals surface area contributed by atoms with Gasteiger partial charge in [0.05, 0.1) is 22.5 Å². The standard InChI is InChI=1S/C33H34ClNO6S/c1-2-41-33(38)30-21-29(17-18-31(30)36)42(39,40)28-15-13-24(14-16-28)10-7-19-35(22-25-8-4-3-5-9-25)23-32(37)26-11-6-12-27(34)20-26/h3-6,8-9,11-18,20-21,32,36-37H,2,7,10,19,22-23H2,1H3/t32-/m1/s1. The van der Waals surface area contributed by atoms with Crippen LogP contribution in [0.5, 0.6) is 5.75 Å². The second kappa shape index (κ2) is 14.5. The molecule has 4 rings (SSSR count). The van der Waals surface area contributed by atoms with E-state index in [1.54, 1.807) is 43.3 Å². The zero-order valence-electron chi connectivity index (χ0n) is 23.3. The predicted octanol–water partition coefficient (Wildman–Crippen LogP) is 6.22. The van der Waals surface area contributed by atoms with E-state index in [0.717, 1.165) is 35.7 Å². The number of hydrogen-bond acceptors (Lipinski definition) is 7. The molecule has 0 saturated carbocycles. The lowest BCUT2D eigenvalue weighted by atomic mass is 10.1. The van der Waals surface area contributed by atoms with Crippen LogP contribution in [-0.2, 0) is 27.5 Å². The van der Waals surface area contributed by atoms with Gasteiger partial charge in [0.25, 0.3) is 0 Å². The van der Waals surface area contributed by atoms with Crippen LogP contribution in [0.3, 0.4) is 0 Å². The number of aryl methyl sites for hydroxylation is 1. The van der Waals surface area contributed by atoms with Gasteiger partial charge in [-0.2, -0.15) is 0 Å². The van der Waals surface area contributed by atoms with Crippen LogP contribution in [0.1, 0.15) is 46.5 Å². The average molecular weight is 608 g/mol. The summed E-state index contributed by atoms with van der Waals surface area (Å²) in [7, 11) is -3.92. The molecule has 2 N–H and O–H groups in total. The van der Waals surface area contributed by atoms with Gasteiger partial charge in [-0.05, 0) is 85.5 Å². The SMILES string of the molecule is CCOC(=O)c1cc(S(=O)(=O)c2ccc(CCCN(Cc3ccccc3)C[C@@H](O)c3cccc(Cl)c3)cc2)ccc1O. The topological polar surface area (TPSA) is 104 Å². The molecule has 42 heavy (non-hydrogen) atoms. The van der Waals surface area contributed by atoms with Crippen LogP contribution in [0.25, 0.3) is 0 Å². The Kier molecular flexibility index (Phi) is 10.8. The monoisotopic (exact) mass is 607 g/mol. The zero-order chi connectivity index (χ0) is 30.1. The first-order chi connectivity index (χ1) is 20.2. The molecule has 4 aromatic carbocycles. The summed E-state index contributed by atoms with van der Waals surface area (Å²) in [6.07, 6.45) is 0.814. The number of aliphatic hydroxyl groups excluding tert-OH is 1. The maximum atomic E-state index is 13.2. The molecule has 220 valence electrons. The second-order valence-electron chi connectivity index (χ2n) is 9.94. The highest BCUT2D eigenvalue weighted by Gasteiger charge is 2.22. The molecule has 0 radical (unpaired) electrons. The molecule has 0 heterocycles. The first-order valence-corrected chi connectivity index (χ1v) is 15.6. The van der Waals surface area contributed by atoms with Gasteiger partial charge in [0.15, 0.2) is 0 Å². The first-order valence-electron chi connectivity index (χ1n) is 13.7. The molecule has 0 saturated heterocycles. The van der Waals surface area contributed by atoms with Crippen LogP contribution in [0.15, 0.2) is 107 Å². The minimum absolute atomic E-state index is 0.0853. The van der Waals surface area contributed by atoms with Crippen molar-refractivity contribution in [3.8, 4) is 5.75 Å². The highest BCUT2D eigenvalue weighted by atomic mass is 35.5. The van der Waals surface area contributed by atoms with E-state index in [-0.39, 0.29) is 27.7 Å². The van der Waals surface area contributed by atoms with Crippen molar-refractivity contribution in [1.82, 2.24) is 4.90 Å². The number of esters is 1. The summed E-state index contributed by atoms with van der Waals surface area (Å²) >= 11 is 6.13. The molecule has 9 heteroatoms. The normalized spacial score (nSPS) is 12.3. The Morgan fingerprint density at radius 2 is 1.62 bits per heavy atom. The Hall–Kier alpha value is -3.69. The number of sulfone groups is 1. The molecule has 0 aromatic heterocycles. The molecule has 0 unspecified atom stereocenters. The van der Waals surface area contributed by atoms with E-state index >= 15 is 0 Å². The van der Waals surface area contributed by atoms with Crippen molar-refractivity contribution >= 4 is 27.4 Å². The third kappa shape index (κ3) is 8.20. The molecule has 4 aromatic rings. The quantitative estimate of drug-likeness (QED) is 0.174. The van der Waals surface area contributed by atoms with E-state index in [4.69, 9.17) is 16.3 Å². The molecule has 0 bridgehead atoms. The number of ether oxygens (including phenoxy) is 1. The maximum absolute atomic E-state index is 13.2. The van der Waals surface area contributed by atoms with Gasteiger partial charge in [0, 0.05) is 18.1 Å². The van der Waals surface area contributed by atoms with E-state index in [1.807, 2.05) is 30.3 Å². The Bertz CT molecular complexity index is 1590. The minimum Gasteiger partial charge on any atom is -0.507 e. The van der Waals surface area contributed by atoms with Crippen molar-refractivity contribution in [2.24, 2.45) is 0 Å². The van der Waals surface area contributed by atoms with Gasteiger partial charge in [-0.1, -0.05) is 66.2 Å². The molecule has 0 aliphatic rings. The number of halogens is 1. The van der Waals surface area contributed by atoms with Crippen LogP contribution in [-0.4, -0.2) is 49.2 Å². The molecule has 1 atom stereocenters. The van der Waals surface area contributed by atoms with Crippen LogP contribution in [0, 0.1) is 0 Å². The lowest BCUT2D eigenvalue weighted by Crippen LogP contribution is -2.29. The summed E-state index contributed by atoms with van der Waals surface area (Å²) in [5.74, 6) is -1.13. The van der Waals surface area contributed by atoms with Gasteiger partial charge >= 0.3 is 5.97 Å². The van der Waals surface area contributed by atoms with Gasteiger partial charge in [-0.25, -0.2) is 13.2 Å². The number of phenols is 1. The van der Waals surface area contributed by atoms with Crippen molar-refractivity contribution in [2.45, 2.75) is 42.2 Å². The molecule has 0 aliphatic heterocycles. The van der Waals surface area contributed by atoms with Crippen molar-refractivity contribution in [1.29, 1.82) is 0 Å². The van der Waals surface area contributed by atoms with Crippen molar-refractivity contribution < 1.29 is 28.2 Å². The number of aromatic hydroxyl groups is 1. The Balaban J connectivity index is 1.42. The van der Waals surface area contributed by atoms with E-state index in [0.29, 0.717) is 24.5 Å². The summed E-state index contributed by atoms with van der Waals surface area (Å²) < 4.78 is 31.4. The minimum atomic E-state index is -3.92. The van der Waals surface area contributed by atoms with Gasteiger partial charge in [-0.15, -0.1) is 0 Å². The smallest absolute Gasteiger partial charge is 0.341 e. The Morgan fingerprint density at radius 1 is 0.905 bits per heavy atom. The third-order valence-corrected chi connectivity index (χ3v) is 8.86. The number of hydrogen-bond donors (Lipinski definition) is 2. The molecular formula is C33H34ClNO6S. The van der Waals surface area contributed by atoms with E-state index in [1.165, 1.54) is 12.1 Å². The fourth-order valence-corrected chi connectivity index (χ4v) is 6.16.